The number of hydrogen-bond acceptors (Lipinski definition) is 3. The van der Waals surface area contributed by atoms with Crippen LogP contribution in [0.25, 0.3) is 0 Å². The summed E-state index contributed by atoms with van der Waals surface area (Å²) in [5.41, 5.74) is -1.11. The van der Waals surface area contributed by atoms with E-state index >= 15 is 0 Å². The van der Waals surface area contributed by atoms with Crippen LogP contribution in [-0.2, 0) is 10.2 Å². The first-order valence-electron chi connectivity index (χ1n) is 3.67. The van der Waals surface area contributed by atoms with E-state index in [9.17, 15) is 4.79 Å². The van der Waals surface area contributed by atoms with E-state index in [-0.39, 0.29) is 11.0 Å². The number of halogens is 1. The molecule has 0 aromatic carbocycles. The summed E-state index contributed by atoms with van der Waals surface area (Å²) < 4.78 is 0. The highest BCUT2D eigenvalue weighted by molar-refractivity contribution is 6.29. The zero-order valence-electron chi connectivity index (χ0n) is 7.28. The molecule has 0 aliphatic carbocycles. The van der Waals surface area contributed by atoms with Gasteiger partial charge in [0, 0.05) is 6.20 Å². The molecule has 0 amide bonds. The third-order valence-electron chi connectivity index (χ3n) is 1.72. The van der Waals surface area contributed by atoms with Gasteiger partial charge in [0.15, 0.2) is 0 Å². The monoisotopic (exact) mass is 200 g/mol. The fourth-order valence-corrected chi connectivity index (χ4v) is 0.870. The Morgan fingerprint density at radius 1 is 1.62 bits per heavy atom. The first-order valence-corrected chi connectivity index (χ1v) is 4.05. The van der Waals surface area contributed by atoms with Crippen LogP contribution in [0.2, 0.25) is 5.15 Å². The van der Waals surface area contributed by atoms with Crippen molar-refractivity contribution in [2.45, 2.75) is 19.3 Å². The van der Waals surface area contributed by atoms with Crippen molar-refractivity contribution in [2.75, 3.05) is 0 Å². The lowest BCUT2D eigenvalue weighted by Gasteiger charge is -2.16. The number of rotatable bonds is 2. The number of aromatic nitrogens is 2. The number of carboxylic acids is 1. The van der Waals surface area contributed by atoms with E-state index in [4.69, 9.17) is 16.7 Å². The lowest BCUT2D eigenvalue weighted by atomic mass is 9.93. The maximum Gasteiger partial charge on any atom is 0.316 e. The summed E-state index contributed by atoms with van der Waals surface area (Å²) in [7, 11) is 0. The average Bonchev–Trinajstić information content (AvgIpc) is 2.04. The molecule has 1 heterocycles. The Morgan fingerprint density at radius 2 is 2.23 bits per heavy atom. The predicted molar refractivity (Wildman–Crippen MR) is 47.7 cm³/mol. The van der Waals surface area contributed by atoms with Gasteiger partial charge in [-0.3, -0.25) is 4.79 Å². The molecule has 5 heteroatoms. The van der Waals surface area contributed by atoms with E-state index < -0.39 is 11.4 Å². The van der Waals surface area contributed by atoms with E-state index in [2.05, 4.69) is 9.97 Å². The fraction of sp³-hybridized carbons (Fsp3) is 0.375. The maximum atomic E-state index is 10.8. The quantitative estimate of drug-likeness (QED) is 0.735. The van der Waals surface area contributed by atoms with Crippen molar-refractivity contribution in [3.8, 4) is 0 Å². The van der Waals surface area contributed by atoms with Gasteiger partial charge in [-0.15, -0.1) is 0 Å². The first kappa shape index (κ1) is 9.92. The van der Waals surface area contributed by atoms with E-state index in [1.807, 2.05) is 0 Å². The minimum absolute atomic E-state index is 0.215. The fourth-order valence-electron chi connectivity index (χ4n) is 0.733. The van der Waals surface area contributed by atoms with Gasteiger partial charge in [0.05, 0.1) is 0 Å². The number of hydrogen-bond donors (Lipinski definition) is 1. The lowest BCUT2D eigenvalue weighted by Crippen LogP contribution is -2.30. The van der Waals surface area contributed by atoms with Crippen LogP contribution in [0.15, 0.2) is 12.3 Å². The van der Waals surface area contributed by atoms with Crippen LogP contribution in [0.1, 0.15) is 19.7 Å². The number of carboxylic acid groups (broad SMARTS) is 1. The van der Waals surface area contributed by atoms with Crippen LogP contribution >= 0.6 is 11.6 Å². The molecule has 0 radical (unpaired) electrons. The molecular formula is C8H9ClN2O2. The Bertz CT molecular complexity index is 339. The number of aliphatic carboxylic acids is 1. The predicted octanol–water partition coefficient (Wildman–Crippen LogP) is 1.49. The molecule has 0 atom stereocenters. The molecule has 70 valence electrons. The van der Waals surface area contributed by atoms with Gasteiger partial charge in [0.1, 0.15) is 16.4 Å². The van der Waals surface area contributed by atoms with Crippen LogP contribution in [-0.4, -0.2) is 21.0 Å². The van der Waals surface area contributed by atoms with Gasteiger partial charge >= 0.3 is 5.97 Å². The molecule has 0 spiro atoms. The number of nitrogens with zero attached hydrogens (tertiary/aromatic N) is 2. The topological polar surface area (TPSA) is 63.1 Å². The standard InChI is InChI=1S/C8H9ClN2O2/c1-8(2,7(12)13)6-10-4-3-5(9)11-6/h3-4H,1-2H3,(H,12,13). The Balaban J connectivity index is 3.14. The maximum absolute atomic E-state index is 10.8. The molecule has 1 N–H and O–H groups in total. The normalized spacial score (nSPS) is 11.3. The first-order chi connectivity index (χ1) is 5.94. The molecular weight excluding hydrogens is 192 g/mol. The summed E-state index contributed by atoms with van der Waals surface area (Å²) in [4.78, 5) is 18.5. The summed E-state index contributed by atoms with van der Waals surface area (Å²) in [6, 6.07) is 1.50. The third kappa shape index (κ3) is 1.95. The molecule has 0 saturated heterocycles. The second-order valence-corrected chi connectivity index (χ2v) is 3.52. The van der Waals surface area contributed by atoms with Crippen molar-refractivity contribution in [1.82, 2.24) is 9.97 Å². The molecule has 0 bridgehead atoms. The van der Waals surface area contributed by atoms with E-state index in [1.165, 1.54) is 26.1 Å². The van der Waals surface area contributed by atoms with Gasteiger partial charge in [-0.25, -0.2) is 9.97 Å². The molecule has 0 unspecified atom stereocenters. The minimum atomic E-state index is -1.11. The molecule has 13 heavy (non-hydrogen) atoms. The Morgan fingerprint density at radius 3 is 2.69 bits per heavy atom. The third-order valence-corrected chi connectivity index (χ3v) is 1.93. The Hall–Kier alpha value is -1.16. The second kappa shape index (κ2) is 3.30. The van der Waals surface area contributed by atoms with Crippen LogP contribution in [0.4, 0.5) is 0 Å². The summed E-state index contributed by atoms with van der Waals surface area (Å²) in [6.45, 7) is 3.06. The van der Waals surface area contributed by atoms with E-state index in [0.29, 0.717) is 0 Å². The molecule has 0 aliphatic rings. The average molecular weight is 201 g/mol. The van der Waals surface area contributed by atoms with Gasteiger partial charge in [0.2, 0.25) is 0 Å². The van der Waals surface area contributed by atoms with Crippen LogP contribution in [0, 0.1) is 0 Å². The SMILES string of the molecule is CC(C)(C(=O)O)c1nccc(Cl)n1. The zero-order valence-corrected chi connectivity index (χ0v) is 8.04. The van der Waals surface area contributed by atoms with Gasteiger partial charge in [-0.2, -0.15) is 0 Å². The Labute approximate surface area is 80.6 Å². The summed E-state index contributed by atoms with van der Waals surface area (Å²) in [5, 5.41) is 9.11. The molecule has 0 fully saturated rings. The highest BCUT2D eigenvalue weighted by Gasteiger charge is 2.32. The summed E-state index contributed by atoms with van der Waals surface area (Å²) >= 11 is 5.61. The molecule has 0 aliphatic heterocycles. The summed E-state index contributed by atoms with van der Waals surface area (Å²) in [6.07, 6.45) is 1.44. The van der Waals surface area contributed by atoms with E-state index in [0.717, 1.165) is 0 Å². The van der Waals surface area contributed by atoms with Gasteiger partial charge < -0.3 is 5.11 Å². The van der Waals surface area contributed by atoms with Crippen LogP contribution in [0.3, 0.4) is 0 Å². The van der Waals surface area contributed by atoms with Crippen LogP contribution in [0.5, 0.6) is 0 Å². The van der Waals surface area contributed by atoms with Crippen molar-refractivity contribution in [1.29, 1.82) is 0 Å². The van der Waals surface area contributed by atoms with Crippen molar-refractivity contribution in [3.63, 3.8) is 0 Å². The lowest BCUT2D eigenvalue weighted by molar-refractivity contribution is -0.142. The number of carbonyl (C=O) groups is 1. The highest BCUT2D eigenvalue weighted by atomic mass is 35.5. The molecule has 1 rings (SSSR count). The Kier molecular flexibility index (Phi) is 2.52. The van der Waals surface area contributed by atoms with Crippen molar-refractivity contribution >= 4 is 17.6 Å². The van der Waals surface area contributed by atoms with Gasteiger partial charge in [-0.05, 0) is 19.9 Å². The van der Waals surface area contributed by atoms with Gasteiger partial charge in [-0.1, -0.05) is 11.6 Å². The van der Waals surface area contributed by atoms with Crippen molar-refractivity contribution in [3.05, 3.63) is 23.2 Å². The summed E-state index contributed by atoms with van der Waals surface area (Å²) in [5.74, 6) is -0.762. The highest BCUT2D eigenvalue weighted by Crippen LogP contribution is 2.20. The molecule has 4 nitrogen and oxygen atoms in total. The molecule has 0 saturated carbocycles. The van der Waals surface area contributed by atoms with Crippen LogP contribution < -0.4 is 0 Å². The smallest absolute Gasteiger partial charge is 0.316 e. The zero-order chi connectivity index (χ0) is 10.1. The molecule has 1 aromatic rings. The van der Waals surface area contributed by atoms with Crippen molar-refractivity contribution < 1.29 is 9.90 Å². The largest absolute Gasteiger partial charge is 0.481 e. The van der Waals surface area contributed by atoms with Gasteiger partial charge in [0.25, 0.3) is 0 Å². The van der Waals surface area contributed by atoms with E-state index in [1.54, 1.807) is 0 Å². The second-order valence-electron chi connectivity index (χ2n) is 3.13. The van der Waals surface area contributed by atoms with Crippen molar-refractivity contribution in [2.24, 2.45) is 0 Å². The molecule has 1 aromatic heterocycles. The minimum Gasteiger partial charge on any atom is -0.481 e.